The molecule has 0 radical (unpaired) electrons. The van der Waals surface area contributed by atoms with Gasteiger partial charge in [-0.05, 0) is 26.3 Å². The minimum atomic E-state index is -6.27. The van der Waals surface area contributed by atoms with Crippen LogP contribution in [-0.4, -0.2) is 52.9 Å². The Hall–Kier alpha value is -2.37. The number of β-amino-alcohol motifs (C(OH)–C–C–N with tert-alkyl or cyclic N) is 1. The second-order valence-electron chi connectivity index (χ2n) is 8.28. The van der Waals surface area contributed by atoms with Crippen LogP contribution in [0.25, 0.3) is 0 Å². The van der Waals surface area contributed by atoms with Gasteiger partial charge in [0, 0.05) is 12.0 Å². The van der Waals surface area contributed by atoms with Gasteiger partial charge in [0.2, 0.25) is 0 Å². The number of likely N-dealkylation sites (tertiary alicyclic amines) is 1. The number of rotatable bonds is 3. The number of hydrogen-bond donors (Lipinski definition) is 1. The monoisotopic (exact) mass is 459 g/mol. The van der Waals surface area contributed by atoms with Crippen molar-refractivity contribution >= 4 is 12.4 Å². The van der Waals surface area contributed by atoms with E-state index >= 15 is 0 Å². The number of nitrogens with zero attached hydrogens (tertiary/aromatic N) is 1. The second kappa shape index (κ2) is 7.64. The molecule has 31 heavy (non-hydrogen) atoms. The van der Waals surface area contributed by atoms with Crippen molar-refractivity contribution < 1.29 is 50.2 Å². The molecule has 1 amide bonds. The SMILES string of the molecule is CC(C)(C)OC(=O)N1CC(O)(c2ccc(C(F)(C(F)(F)F)C(F)(F)F)cc2)CC1C=O. The summed E-state index contributed by atoms with van der Waals surface area (Å²) in [4.78, 5) is 24.5. The van der Waals surface area contributed by atoms with Crippen molar-refractivity contribution in [1.82, 2.24) is 4.90 Å². The highest BCUT2D eigenvalue weighted by molar-refractivity contribution is 5.75. The van der Waals surface area contributed by atoms with Gasteiger partial charge in [-0.2, -0.15) is 26.3 Å². The van der Waals surface area contributed by atoms with Gasteiger partial charge < -0.3 is 14.6 Å². The fourth-order valence-corrected chi connectivity index (χ4v) is 3.27. The number of alkyl halides is 7. The van der Waals surface area contributed by atoms with E-state index in [4.69, 9.17) is 4.74 Å². The van der Waals surface area contributed by atoms with Crippen LogP contribution in [0.5, 0.6) is 0 Å². The molecule has 1 saturated heterocycles. The molecule has 1 aliphatic heterocycles. The summed E-state index contributed by atoms with van der Waals surface area (Å²) in [6, 6.07) is 0.772. The van der Waals surface area contributed by atoms with E-state index < -0.39 is 53.5 Å². The van der Waals surface area contributed by atoms with Gasteiger partial charge in [-0.3, -0.25) is 4.90 Å². The number of halogens is 7. The van der Waals surface area contributed by atoms with Gasteiger partial charge in [-0.25, -0.2) is 9.18 Å². The molecular formula is C19H20F7NO4. The molecule has 5 nitrogen and oxygen atoms in total. The molecule has 0 aromatic heterocycles. The molecule has 0 saturated carbocycles. The number of benzene rings is 1. The molecule has 174 valence electrons. The summed E-state index contributed by atoms with van der Waals surface area (Å²) in [6.07, 6.45) is -13.5. The summed E-state index contributed by atoms with van der Waals surface area (Å²) >= 11 is 0. The Labute approximate surface area is 172 Å². The Kier molecular flexibility index (Phi) is 6.14. The lowest BCUT2D eigenvalue weighted by Crippen LogP contribution is -2.50. The molecular weight excluding hydrogens is 439 g/mol. The van der Waals surface area contributed by atoms with Crippen LogP contribution in [0.2, 0.25) is 0 Å². The van der Waals surface area contributed by atoms with Crippen LogP contribution in [0.15, 0.2) is 24.3 Å². The van der Waals surface area contributed by atoms with E-state index in [-0.39, 0.29) is 24.1 Å². The summed E-state index contributed by atoms with van der Waals surface area (Å²) in [5.41, 5.74) is -10.4. The zero-order valence-corrected chi connectivity index (χ0v) is 16.6. The number of amides is 1. The molecule has 2 unspecified atom stereocenters. The number of ether oxygens (including phenoxy) is 1. The van der Waals surface area contributed by atoms with Crippen molar-refractivity contribution in [2.45, 2.75) is 62.5 Å². The standard InChI is InChI=1S/C19H20F7NO4/c1-15(2,3)31-14(29)27-10-16(30,8-13(27)9-28)11-4-6-12(7-5-11)17(20,18(21,22)23)19(24,25)26/h4-7,9,13,30H,8,10H2,1-3H3. The van der Waals surface area contributed by atoms with Crippen LogP contribution < -0.4 is 0 Å². The summed E-state index contributed by atoms with van der Waals surface area (Å²) in [6.45, 7) is 4.18. The van der Waals surface area contributed by atoms with Gasteiger partial charge in [0.15, 0.2) is 0 Å². The smallest absolute Gasteiger partial charge is 0.435 e. The molecule has 1 fully saturated rings. The molecule has 0 bridgehead atoms. The summed E-state index contributed by atoms with van der Waals surface area (Å²) in [5, 5.41) is 10.8. The molecule has 1 aromatic carbocycles. The molecule has 1 aliphatic rings. The van der Waals surface area contributed by atoms with E-state index in [1.54, 1.807) is 20.8 Å². The Balaban J connectivity index is 2.38. The third-order valence-corrected chi connectivity index (χ3v) is 4.77. The van der Waals surface area contributed by atoms with Crippen LogP contribution in [0.4, 0.5) is 35.5 Å². The van der Waals surface area contributed by atoms with Gasteiger partial charge in [-0.1, -0.05) is 24.3 Å². The predicted molar refractivity (Wildman–Crippen MR) is 92.6 cm³/mol. The predicted octanol–water partition coefficient (Wildman–Crippen LogP) is 4.37. The van der Waals surface area contributed by atoms with Crippen LogP contribution in [-0.2, 0) is 20.8 Å². The van der Waals surface area contributed by atoms with Crippen molar-refractivity contribution in [3.63, 3.8) is 0 Å². The fourth-order valence-electron chi connectivity index (χ4n) is 3.27. The van der Waals surface area contributed by atoms with Crippen LogP contribution in [0.1, 0.15) is 38.3 Å². The lowest BCUT2D eigenvalue weighted by molar-refractivity contribution is -0.348. The van der Waals surface area contributed by atoms with E-state index in [1.165, 1.54) is 0 Å². The van der Waals surface area contributed by atoms with Gasteiger partial charge in [0.05, 0.1) is 12.6 Å². The third kappa shape index (κ3) is 4.63. The largest absolute Gasteiger partial charge is 0.444 e. The Morgan fingerprint density at radius 2 is 1.55 bits per heavy atom. The number of aliphatic hydroxyl groups is 1. The minimum absolute atomic E-state index is 0.194. The van der Waals surface area contributed by atoms with Crippen molar-refractivity contribution in [2.75, 3.05) is 6.54 Å². The zero-order valence-electron chi connectivity index (χ0n) is 16.6. The average molecular weight is 459 g/mol. The van der Waals surface area contributed by atoms with Gasteiger partial charge in [0.25, 0.3) is 0 Å². The van der Waals surface area contributed by atoms with E-state index in [2.05, 4.69) is 0 Å². The highest BCUT2D eigenvalue weighted by atomic mass is 19.4. The normalized spacial score (nSPS) is 23.1. The number of carbonyl (C=O) groups is 2. The maximum atomic E-state index is 14.2. The molecule has 12 heteroatoms. The molecule has 1 N–H and O–H groups in total. The maximum Gasteiger partial charge on any atom is 0.435 e. The molecule has 2 rings (SSSR count). The molecule has 1 heterocycles. The van der Waals surface area contributed by atoms with E-state index in [0.29, 0.717) is 18.4 Å². The van der Waals surface area contributed by atoms with Crippen molar-refractivity contribution in [1.29, 1.82) is 0 Å². The maximum absolute atomic E-state index is 14.2. The fraction of sp³-hybridized carbons (Fsp3) is 0.579. The van der Waals surface area contributed by atoms with Crippen molar-refractivity contribution in [3.8, 4) is 0 Å². The first-order valence-corrected chi connectivity index (χ1v) is 8.96. The lowest BCUT2D eigenvalue weighted by atomic mass is 9.87. The third-order valence-electron chi connectivity index (χ3n) is 4.77. The van der Waals surface area contributed by atoms with Gasteiger partial charge in [0.1, 0.15) is 17.5 Å². The zero-order chi connectivity index (χ0) is 24.0. The Morgan fingerprint density at radius 1 is 1.06 bits per heavy atom. The first-order chi connectivity index (χ1) is 13.9. The van der Waals surface area contributed by atoms with Crippen LogP contribution >= 0.6 is 0 Å². The van der Waals surface area contributed by atoms with Crippen LogP contribution in [0.3, 0.4) is 0 Å². The van der Waals surface area contributed by atoms with Gasteiger partial charge >= 0.3 is 24.1 Å². The summed E-state index contributed by atoms with van der Waals surface area (Å²) in [7, 11) is 0. The average Bonchev–Trinajstić information content (AvgIpc) is 2.96. The summed E-state index contributed by atoms with van der Waals surface area (Å²) in [5.74, 6) is 0. The quantitative estimate of drug-likeness (QED) is 0.539. The number of carbonyl (C=O) groups excluding carboxylic acids is 2. The number of aldehydes is 1. The number of hydrogen-bond acceptors (Lipinski definition) is 4. The topological polar surface area (TPSA) is 66.8 Å². The van der Waals surface area contributed by atoms with E-state index in [1.807, 2.05) is 0 Å². The molecule has 0 aliphatic carbocycles. The second-order valence-corrected chi connectivity index (χ2v) is 8.28. The van der Waals surface area contributed by atoms with Crippen molar-refractivity contribution in [3.05, 3.63) is 35.4 Å². The van der Waals surface area contributed by atoms with Crippen LogP contribution in [0, 0.1) is 0 Å². The van der Waals surface area contributed by atoms with Crippen molar-refractivity contribution in [2.24, 2.45) is 0 Å². The van der Waals surface area contributed by atoms with E-state index in [0.717, 1.165) is 4.90 Å². The first kappa shape index (κ1) is 24.9. The minimum Gasteiger partial charge on any atom is -0.444 e. The Bertz CT molecular complexity index is 816. The summed E-state index contributed by atoms with van der Waals surface area (Å²) < 4.78 is 96.7. The molecule has 1 aromatic rings. The van der Waals surface area contributed by atoms with Gasteiger partial charge in [-0.15, -0.1) is 0 Å². The van der Waals surface area contributed by atoms with E-state index in [9.17, 15) is 45.4 Å². The first-order valence-electron chi connectivity index (χ1n) is 8.96. The Morgan fingerprint density at radius 3 is 1.94 bits per heavy atom. The molecule has 0 spiro atoms. The molecule has 2 atom stereocenters. The lowest BCUT2D eigenvalue weighted by Gasteiger charge is -2.31. The highest BCUT2D eigenvalue weighted by Crippen LogP contribution is 2.53. The highest BCUT2D eigenvalue weighted by Gasteiger charge is 2.73.